The van der Waals surface area contributed by atoms with Crippen LogP contribution in [0, 0.1) is 5.41 Å². The Morgan fingerprint density at radius 2 is 1.83 bits per heavy atom. The molecule has 0 bridgehead atoms. The first-order valence-electron chi connectivity index (χ1n) is 10.0. The van der Waals surface area contributed by atoms with Crippen molar-refractivity contribution in [2.75, 3.05) is 13.1 Å². The van der Waals surface area contributed by atoms with E-state index in [4.69, 9.17) is 27.9 Å². The molecule has 1 heterocycles. The molecule has 5 nitrogen and oxygen atoms in total. The maximum atomic E-state index is 11.9. The van der Waals surface area contributed by atoms with Crippen molar-refractivity contribution in [1.29, 1.82) is 0 Å². The molecule has 3 rings (SSSR count). The summed E-state index contributed by atoms with van der Waals surface area (Å²) in [7, 11) is 0. The van der Waals surface area contributed by atoms with Crippen molar-refractivity contribution in [2.24, 2.45) is 5.41 Å². The number of hydrogen-bond donors (Lipinski definition) is 2. The molecule has 2 aromatic carbocycles. The zero-order chi connectivity index (χ0) is 21.9. The van der Waals surface area contributed by atoms with Gasteiger partial charge in [-0.15, -0.1) is 0 Å². The summed E-state index contributed by atoms with van der Waals surface area (Å²) in [4.78, 5) is 13.4. The number of nitrogens with one attached hydrogen (secondary N) is 1. The lowest BCUT2D eigenvalue weighted by Gasteiger charge is -2.34. The number of benzene rings is 2. The standard InChI is InChI=1S/C23H28Cl2N2O3/c1-23(2,3)20-14-27(22(28)29)13-19(26-12-15-7-5-4-6-8-15)21(30-20)16-9-10-17(24)18(25)11-16/h4-11,19-21,26H,12-14H2,1-3H3,(H,28,29)/t19-,20?,21+/m1/s1. The van der Waals surface area contributed by atoms with Crippen LogP contribution >= 0.6 is 23.2 Å². The molecular formula is C23H28Cl2N2O3. The largest absolute Gasteiger partial charge is 0.465 e. The predicted octanol–water partition coefficient (Wildman–Crippen LogP) is 5.62. The fourth-order valence-corrected chi connectivity index (χ4v) is 3.88. The molecule has 3 atom stereocenters. The monoisotopic (exact) mass is 450 g/mol. The minimum absolute atomic E-state index is 0.240. The highest BCUT2D eigenvalue weighted by Crippen LogP contribution is 2.36. The number of nitrogens with zero attached hydrogens (tertiary/aromatic N) is 1. The Labute approximate surface area is 187 Å². The van der Waals surface area contributed by atoms with Crippen LogP contribution in [-0.4, -0.2) is 41.3 Å². The minimum atomic E-state index is -0.950. The predicted molar refractivity (Wildman–Crippen MR) is 120 cm³/mol. The Balaban J connectivity index is 1.96. The van der Waals surface area contributed by atoms with E-state index < -0.39 is 6.09 Å². The molecule has 1 amide bonds. The van der Waals surface area contributed by atoms with Crippen molar-refractivity contribution in [1.82, 2.24) is 10.2 Å². The maximum Gasteiger partial charge on any atom is 0.407 e. The molecule has 162 valence electrons. The molecule has 1 aliphatic heterocycles. The summed E-state index contributed by atoms with van der Waals surface area (Å²) < 4.78 is 6.57. The maximum absolute atomic E-state index is 11.9. The molecule has 1 aliphatic rings. The van der Waals surface area contributed by atoms with Crippen molar-refractivity contribution in [3.8, 4) is 0 Å². The Morgan fingerprint density at radius 1 is 1.13 bits per heavy atom. The zero-order valence-corrected chi connectivity index (χ0v) is 19.0. The van der Waals surface area contributed by atoms with Gasteiger partial charge in [-0.05, 0) is 28.7 Å². The van der Waals surface area contributed by atoms with E-state index in [1.807, 2.05) is 42.5 Å². The molecule has 2 N–H and O–H groups in total. The fraction of sp³-hybridized carbons (Fsp3) is 0.435. The van der Waals surface area contributed by atoms with E-state index in [0.717, 1.165) is 11.1 Å². The molecule has 1 unspecified atom stereocenters. The van der Waals surface area contributed by atoms with Crippen molar-refractivity contribution >= 4 is 29.3 Å². The van der Waals surface area contributed by atoms with Crippen LogP contribution in [0.1, 0.15) is 38.0 Å². The molecule has 0 saturated carbocycles. The van der Waals surface area contributed by atoms with Crippen LogP contribution < -0.4 is 5.32 Å². The number of carboxylic acid groups (broad SMARTS) is 1. The van der Waals surface area contributed by atoms with Crippen LogP contribution in [0.25, 0.3) is 0 Å². The summed E-state index contributed by atoms with van der Waals surface area (Å²) >= 11 is 12.4. The smallest absolute Gasteiger partial charge is 0.407 e. The van der Waals surface area contributed by atoms with E-state index in [9.17, 15) is 9.90 Å². The average molecular weight is 451 g/mol. The van der Waals surface area contributed by atoms with Crippen molar-refractivity contribution in [2.45, 2.75) is 45.6 Å². The third kappa shape index (κ3) is 5.67. The van der Waals surface area contributed by atoms with Gasteiger partial charge in [0, 0.05) is 13.1 Å². The van der Waals surface area contributed by atoms with Crippen molar-refractivity contribution in [3.63, 3.8) is 0 Å². The summed E-state index contributed by atoms with van der Waals surface area (Å²) in [6.45, 7) is 7.38. The third-order valence-corrected chi connectivity index (χ3v) is 6.14. The number of amides is 1. The number of carbonyl (C=O) groups is 1. The molecule has 0 radical (unpaired) electrons. The van der Waals surface area contributed by atoms with E-state index in [2.05, 4.69) is 26.1 Å². The highest BCUT2D eigenvalue weighted by Gasteiger charge is 2.39. The Hall–Kier alpha value is -1.79. The lowest BCUT2D eigenvalue weighted by molar-refractivity contribution is -0.0703. The molecule has 0 spiro atoms. The number of hydrogen-bond acceptors (Lipinski definition) is 3. The summed E-state index contributed by atoms with van der Waals surface area (Å²) in [6.07, 6.45) is -1.61. The van der Waals surface area contributed by atoms with Gasteiger partial charge in [0.25, 0.3) is 0 Å². The highest BCUT2D eigenvalue weighted by molar-refractivity contribution is 6.42. The number of ether oxygens (including phenoxy) is 1. The molecule has 30 heavy (non-hydrogen) atoms. The van der Waals surface area contributed by atoms with Gasteiger partial charge in [0.15, 0.2) is 0 Å². The Bertz CT molecular complexity index is 870. The summed E-state index contributed by atoms with van der Waals surface area (Å²) in [5, 5.41) is 14.2. The van der Waals surface area contributed by atoms with E-state index in [0.29, 0.717) is 29.7 Å². The van der Waals surface area contributed by atoms with Crippen molar-refractivity contribution in [3.05, 3.63) is 69.7 Å². The second kappa shape index (κ2) is 9.56. The van der Waals surface area contributed by atoms with Crippen LogP contribution in [0.3, 0.4) is 0 Å². The van der Waals surface area contributed by atoms with Gasteiger partial charge >= 0.3 is 6.09 Å². The second-order valence-corrected chi connectivity index (χ2v) is 9.56. The zero-order valence-electron chi connectivity index (χ0n) is 17.4. The van der Waals surface area contributed by atoms with Crippen LogP contribution in [0.2, 0.25) is 10.0 Å². The number of rotatable bonds is 4. The molecule has 0 aromatic heterocycles. The van der Waals surface area contributed by atoms with Crippen LogP contribution in [0.5, 0.6) is 0 Å². The summed E-state index contributed by atoms with van der Waals surface area (Å²) in [5.74, 6) is 0. The molecule has 7 heteroatoms. The van der Waals surface area contributed by atoms with E-state index >= 15 is 0 Å². The van der Waals surface area contributed by atoms with E-state index in [-0.39, 0.29) is 23.7 Å². The van der Waals surface area contributed by atoms with Crippen molar-refractivity contribution < 1.29 is 14.6 Å². The molecular weight excluding hydrogens is 423 g/mol. The highest BCUT2D eigenvalue weighted by atomic mass is 35.5. The summed E-state index contributed by atoms with van der Waals surface area (Å²) in [5.41, 5.74) is 1.75. The van der Waals surface area contributed by atoms with Gasteiger partial charge < -0.3 is 20.1 Å². The van der Waals surface area contributed by atoms with Gasteiger partial charge in [-0.1, -0.05) is 80.4 Å². The lowest BCUT2D eigenvalue weighted by atomic mass is 9.88. The minimum Gasteiger partial charge on any atom is -0.465 e. The molecule has 0 aliphatic carbocycles. The van der Waals surface area contributed by atoms with Gasteiger partial charge in [0.2, 0.25) is 0 Å². The normalized spacial score (nSPS) is 22.6. The average Bonchev–Trinajstić information content (AvgIpc) is 2.89. The lowest BCUT2D eigenvalue weighted by Crippen LogP contribution is -2.45. The third-order valence-electron chi connectivity index (χ3n) is 5.40. The second-order valence-electron chi connectivity index (χ2n) is 8.75. The SMILES string of the molecule is CC(C)(C)C1CN(C(=O)O)C[C@@H](NCc2ccccc2)[C@H](c2ccc(Cl)c(Cl)c2)O1. The quantitative estimate of drug-likeness (QED) is 0.634. The van der Waals surface area contributed by atoms with E-state index in [1.165, 1.54) is 4.90 Å². The van der Waals surface area contributed by atoms with Gasteiger partial charge in [0.1, 0.15) is 6.10 Å². The topological polar surface area (TPSA) is 61.8 Å². The number of halogens is 2. The van der Waals surface area contributed by atoms with Gasteiger partial charge in [-0.2, -0.15) is 0 Å². The van der Waals surface area contributed by atoms with Crippen LogP contribution in [0.4, 0.5) is 4.79 Å². The molecule has 1 fully saturated rings. The summed E-state index contributed by atoms with van der Waals surface area (Å²) in [6, 6.07) is 15.2. The van der Waals surface area contributed by atoms with Gasteiger partial charge in [-0.25, -0.2) is 4.79 Å². The Morgan fingerprint density at radius 3 is 2.43 bits per heavy atom. The molecule has 2 aromatic rings. The van der Waals surface area contributed by atoms with Gasteiger partial charge in [-0.3, -0.25) is 0 Å². The molecule has 1 saturated heterocycles. The first-order valence-corrected chi connectivity index (χ1v) is 10.8. The van der Waals surface area contributed by atoms with E-state index in [1.54, 1.807) is 6.07 Å². The first kappa shape index (κ1) is 22.9. The van der Waals surface area contributed by atoms with Crippen LogP contribution in [0.15, 0.2) is 48.5 Å². The van der Waals surface area contributed by atoms with Crippen LogP contribution in [-0.2, 0) is 11.3 Å². The fourth-order valence-electron chi connectivity index (χ4n) is 3.57. The van der Waals surface area contributed by atoms with Gasteiger partial charge in [0.05, 0.1) is 28.7 Å². The first-order chi connectivity index (χ1) is 14.1. The Kier molecular flexibility index (Phi) is 7.30.